The SMILES string of the molecule is CCN1CCC(N(C)Cc2cccc(B3OC(C)(C)C(C)(C)O3)c2)CC1. The molecule has 2 fully saturated rings. The molecule has 144 valence electrons. The molecule has 0 atom stereocenters. The average molecular weight is 358 g/mol. The number of likely N-dealkylation sites (tertiary alicyclic amines) is 1. The van der Waals surface area contributed by atoms with Gasteiger partial charge in [0.1, 0.15) is 0 Å². The first kappa shape index (κ1) is 19.9. The largest absolute Gasteiger partial charge is 0.494 e. The molecule has 1 aromatic carbocycles. The molecule has 0 bridgehead atoms. The molecule has 0 N–H and O–H groups in total. The lowest BCUT2D eigenvalue weighted by atomic mass is 9.78. The van der Waals surface area contributed by atoms with Crippen molar-refractivity contribution in [2.75, 3.05) is 26.7 Å². The summed E-state index contributed by atoms with van der Waals surface area (Å²) >= 11 is 0. The molecular formula is C21H35BN2O2. The minimum Gasteiger partial charge on any atom is -0.399 e. The number of piperidine rings is 1. The first-order valence-electron chi connectivity index (χ1n) is 10.1. The molecule has 3 rings (SSSR count). The third kappa shape index (κ3) is 4.17. The summed E-state index contributed by atoms with van der Waals surface area (Å²) in [6.07, 6.45) is 2.53. The minimum absolute atomic E-state index is 0.280. The summed E-state index contributed by atoms with van der Waals surface area (Å²) in [5.74, 6) is 0. The molecule has 0 amide bonds. The van der Waals surface area contributed by atoms with Crippen LogP contribution in [0.1, 0.15) is 53.0 Å². The molecule has 0 spiro atoms. The number of hydrogen-bond donors (Lipinski definition) is 0. The van der Waals surface area contributed by atoms with Gasteiger partial charge in [-0.2, -0.15) is 0 Å². The van der Waals surface area contributed by atoms with Crippen molar-refractivity contribution < 1.29 is 9.31 Å². The van der Waals surface area contributed by atoms with E-state index in [2.05, 4.69) is 75.7 Å². The van der Waals surface area contributed by atoms with Crippen LogP contribution in [0.2, 0.25) is 0 Å². The standard InChI is InChI=1S/C21H35BN2O2/c1-7-24-13-11-19(12-14-24)23(6)16-17-9-8-10-18(15-17)22-25-20(2,3)21(4,5)26-22/h8-10,15,19H,7,11-14,16H2,1-6H3. The molecule has 0 radical (unpaired) electrons. The van der Waals surface area contributed by atoms with Gasteiger partial charge in [0.2, 0.25) is 0 Å². The Labute approximate surface area is 160 Å². The molecule has 2 saturated heterocycles. The Kier molecular flexibility index (Phi) is 5.83. The molecule has 0 aliphatic carbocycles. The second-order valence-corrected chi connectivity index (χ2v) is 8.91. The van der Waals surface area contributed by atoms with Crippen molar-refractivity contribution in [2.45, 2.75) is 71.2 Å². The van der Waals surface area contributed by atoms with E-state index in [-0.39, 0.29) is 18.3 Å². The first-order valence-corrected chi connectivity index (χ1v) is 10.1. The maximum absolute atomic E-state index is 6.21. The lowest BCUT2D eigenvalue weighted by Gasteiger charge is -2.36. The topological polar surface area (TPSA) is 24.9 Å². The Morgan fingerprint density at radius 1 is 1.12 bits per heavy atom. The third-order valence-corrected chi connectivity index (χ3v) is 6.54. The third-order valence-electron chi connectivity index (χ3n) is 6.54. The van der Waals surface area contributed by atoms with Crippen LogP contribution in [0.5, 0.6) is 0 Å². The smallest absolute Gasteiger partial charge is 0.399 e. The van der Waals surface area contributed by atoms with Crippen LogP contribution in [-0.2, 0) is 15.9 Å². The van der Waals surface area contributed by atoms with Crippen molar-refractivity contribution in [1.29, 1.82) is 0 Å². The highest BCUT2D eigenvalue weighted by molar-refractivity contribution is 6.62. The Bertz CT molecular complexity index is 596. The zero-order valence-corrected chi connectivity index (χ0v) is 17.4. The van der Waals surface area contributed by atoms with Crippen molar-refractivity contribution >= 4 is 12.6 Å². The Hall–Kier alpha value is -0.875. The molecule has 0 saturated carbocycles. The Morgan fingerprint density at radius 2 is 1.73 bits per heavy atom. The van der Waals surface area contributed by atoms with E-state index in [1.165, 1.54) is 38.0 Å². The van der Waals surface area contributed by atoms with E-state index in [9.17, 15) is 0 Å². The fourth-order valence-electron chi connectivity index (χ4n) is 3.91. The highest BCUT2D eigenvalue weighted by atomic mass is 16.7. The molecule has 2 aliphatic heterocycles. The zero-order chi connectivity index (χ0) is 18.9. The molecule has 0 aromatic heterocycles. The van der Waals surface area contributed by atoms with Crippen LogP contribution in [0, 0.1) is 0 Å². The van der Waals surface area contributed by atoms with Crippen molar-refractivity contribution in [3.8, 4) is 0 Å². The highest BCUT2D eigenvalue weighted by Gasteiger charge is 2.51. The quantitative estimate of drug-likeness (QED) is 0.756. The van der Waals surface area contributed by atoms with Crippen molar-refractivity contribution in [1.82, 2.24) is 9.80 Å². The average Bonchev–Trinajstić information content (AvgIpc) is 2.83. The summed E-state index contributed by atoms with van der Waals surface area (Å²) < 4.78 is 12.4. The molecule has 2 aliphatic rings. The van der Waals surface area contributed by atoms with Crippen LogP contribution in [-0.4, -0.2) is 60.8 Å². The van der Waals surface area contributed by atoms with E-state index < -0.39 is 0 Å². The van der Waals surface area contributed by atoms with E-state index in [0.29, 0.717) is 6.04 Å². The van der Waals surface area contributed by atoms with Crippen LogP contribution in [0.15, 0.2) is 24.3 Å². The Morgan fingerprint density at radius 3 is 2.31 bits per heavy atom. The van der Waals surface area contributed by atoms with Crippen LogP contribution < -0.4 is 5.46 Å². The summed E-state index contributed by atoms with van der Waals surface area (Å²) in [5, 5.41) is 0. The van der Waals surface area contributed by atoms with Gasteiger partial charge in [-0.3, -0.25) is 4.90 Å². The maximum Gasteiger partial charge on any atom is 0.494 e. The predicted molar refractivity (Wildman–Crippen MR) is 109 cm³/mol. The first-order chi connectivity index (χ1) is 12.2. The fraction of sp³-hybridized carbons (Fsp3) is 0.714. The van der Waals surface area contributed by atoms with Crippen molar-refractivity contribution in [2.24, 2.45) is 0 Å². The second-order valence-electron chi connectivity index (χ2n) is 8.91. The zero-order valence-electron chi connectivity index (χ0n) is 17.4. The number of nitrogens with zero attached hydrogens (tertiary/aromatic N) is 2. The lowest BCUT2D eigenvalue weighted by Crippen LogP contribution is -2.43. The van der Waals surface area contributed by atoms with E-state index in [1.807, 2.05) is 0 Å². The molecule has 4 nitrogen and oxygen atoms in total. The Balaban J connectivity index is 1.63. The summed E-state index contributed by atoms with van der Waals surface area (Å²) in [6, 6.07) is 9.39. The number of hydrogen-bond acceptors (Lipinski definition) is 4. The maximum atomic E-state index is 6.21. The summed E-state index contributed by atoms with van der Waals surface area (Å²) in [6.45, 7) is 15.3. The van der Waals surface area contributed by atoms with E-state index in [0.717, 1.165) is 12.0 Å². The monoisotopic (exact) mass is 358 g/mol. The summed E-state index contributed by atoms with van der Waals surface area (Å²) in [5.41, 5.74) is 1.86. The van der Waals surface area contributed by atoms with Gasteiger partial charge in [0.25, 0.3) is 0 Å². The molecular weight excluding hydrogens is 323 g/mol. The van der Waals surface area contributed by atoms with Gasteiger partial charge < -0.3 is 14.2 Å². The second kappa shape index (κ2) is 7.63. The van der Waals surface area contributed by atoms with E-state index >= 15 is 0 Å². The summed E-state index contributed by atoms with van der Waals surface area (Å²) in [7, 11) is 1.98. The minimum atomic E-state index is -0.294. The van der Waals surface area contributed by atoms with Gasteiger partial charge in [0.05, 0.1) is 11.2 Å². The van der Waals surface area contributed by atoms with E-state index in [1.54, 1.807) is 0 Å². The lowest BCUT2D eigenvalue weighted by molar-refractivity contribution is 0.00578. The molecule has 5 heteroatoms. The predicted octanol–water partition coefficient (Wildman–Crippen LogP) is 2.90. The van der Waals surface area contributed by atoms with Crippen LogP contribution in [0.25, 0.3) is 0 Å². The van der Waals surface area contributed by atoms with Crippen LogP contribution in [0.4, 0.5) is 0 Å². The molecule has 26 heavy (non-hydrogen) atoms. The van der Waals surface area contributed by atoms with Gasteiger partial charge in [-0.05, 0) is 78.2 Å². The number of benzene rings is 1. The van der Waals surface area contributed by atoms with Crippen molar-refractivity contribution in [3.63, 3.8) is 0 Å². The van der Waals surface area contributed by atoms with Gasteiger partial charge in [-0.25, -0.2) is 0 Å². The van der Waals surface area contributed by atoms with Gasteiger partial charge in [0, 0.05) is 12.6 Å². The van der Waals surface area contributed by atoms with E-state index in [4.69, 9.17) is 9.31 Å². The summed E-state index contributed by atoms with van der Waals surface area (Å²) in [4.78, 5) is 5.06. The molecule has 0 unspecified atom stereocenters. The van der Waals surface area contributed by atoms with Gasteiger partial charge >= 0.3 is 7.12 Å². The fourth-order valence-corrected chi connectivity index (χ4v) is 3.91. The normalized spacial score (nSPS) is 23.7. The highest BCUT2D eigenvalue weighted by Crippen LogP contribution is 2.36. The molecule has 2 heterocycles. The van der Waals surface area contributed by atoms with Crippen LogP contribution in [0.3, 0.4) is 0 Å². The van der Waals surface area contributed by atoms with Gasteiger partial charge in [-0.1, -0.05) is 31.2 Å². The van der Waals surface area contributed by atoms with Crippen LogP contribution >= 0.6 is 0 Å². The number of rotatable bonds is 5. The van der Waals surface area contributed by atoms with Gasteiger partial charge in [0.15, 0.2) is 0 Å². The van der Waals surface area contributed by atoms with Gasteiger partial charge in [-0.15, -0.1) is 0 Å². The van der Waals surface area contributed by atoms with Crippen molar-refractivity contribution in [3.05, 3.63) is 29.8 Å². The molecule has 1 aromatic rings.